The van der Waals surface area contributed by atoms with Gasteiger partial charge in [0.25, 0.3) is 0 Å². The average molecular weight is 504 g/mol. The summed E-state index contributed by atoms with van der Waals surface area (Å²) in [6.45, 7) is 0. The zero-order valence-corrected chi connectivity index (χ0v) is 17.4. The maximum absolute atomic E-state index is 12.3. The van der Waals surface area contributed by atoms with Gasteiger partial charge in [0.2, 0.25) is 0 Å². The van der Waals surface area contributed by atoms with E-state index in [2.05, 4.69) is 42.9 Å². The molecule has 4 aromatic rings. The number of thiazole rings is 1. The Morgan fingerprint density at radius 3 is 2.78 bits per heavy atom. The van der Waals surface area contributed by atoms with Crippen LogP contribution in [0.3, 0.4) is 0 Å². The second-order valence-electron chi connectivity index (χ2n) is 5.48. The Hall–Kier alpha value is -2.47. The van der Waals surface area contributed by atoms with Crippen LogP contribution in [-0.2, 0) is 0 Å². The summed E-state index contributed by atoms with van der Waals surface area (Å²) in [4.78, 5) is 16.8. The minimum Gasteiger partial charge on any atom is -0.450 e. The number of hydrogen-bond acceptors (Lipinski definition) is 6. The molecule has 0 aliphatic rings. The van der Waals surface area contributed by atoms with Crippen LogP contribution < -0.4 is 5.63 Å². The molecule has 0 atom stereocenters. The maximum Gasteiger partial charge on any atom is 0.345 e. The van der Waals surface area contributed by atoms with Gasteiger partial charge in [0, 0.05) is 21.3 Å². The highest BCUT2D eigenvalue weighted by Gasteiger charge is 2.14. The number of furan rings is 1. The molecule has 0 radical (unpaired) electrons. The summed E-state index contributed by atoms with van der Waals surface area (Å²) in [7, 11) is 0. The van der Waals surface area contributed by atoms with Gasteiger partial charge < -0.3 is 8.83 Å². The fourth-order valence-electron chi connectivity index (χ4n) is 2.48. The van der Waals surface area contributed by atoms with Gasteiger partial charge in [0.15, 0.2) is 4.67 Å². The second-order valence-corrected chi connectivity index (χ2v) is 8.03. The number of nitriles is 1. The number of hydrogen-bond donors (Lipinski definition) is 0. The molecule has 132 valence electrons. The molecule has 0 saturated carbocycles. The van der Waals surface area contributed by atoms with E-state index in [-0.39, 0.29) is 0 Å². The molecular weight excluding hydrogens is 496 g/mol. The molecule has 27 heavy (non-hydrogen) atoms. The zero-order chi connectivity index (χ0) is 19.0. The SMILES string of the molecule is N#CC(=Cc1ccc(Br)o1)c1nc(-c2cc3cc(Br)ccc3oc2=O)cs1. The summed E-state index contributed by atoms with van der Waals surface area (Å²) >= 11 is 7.91. The van der Waals surface area contributed by atoms with Gasteiger partial charge >= 0.3 is 5.63 Å². The molecule has 0 amide bonds. The number of benzene rings is 1. The minimum atomic E-state index is -0.473. The lowest BCUT2D eigenvalue weighted by Crippen LogP contribution is -2.02. The first kappa shape index (κ1) is 17.9. The van der Waals surface area contributed by atoms with Gasteiger partial charge in [-0.15, -0.1) is 11.3 Å². The molecule has 0 bridgehead atoms. The Kier molecular flexibility index (Phi) is 4.83. The fourth-order valence-corrected chi connectivity index (χ4v) is 3.97. The Balaban J connectivity index is 1.77. The van der Waals surface area contributed by atoms with E-state index in [0.29, 0.717) is 37.9 Å². The molecule has 0 spiro atoms. The number of aromatic nitrogens is 1. The van der Waals surface area contributed by atoms with Gasteiger partial charge in [-0.3, -0.25) is 0 Å². The highest BCUT2D eigenvalue weighted by molar-refractivity contribution is 9.10. The first-order valence-electron chi connectivity index (χ1n) is 7.60. The van der Waals surface area contributed by atoms with E-state index in [1.165, 1.54) is 11.3 Å². The molecule has 0 saturated heterocycles. The van der Waals surface area contributed by atoms with Gasteiger partial charge in [-0.05, 0) is 52.3 Å². The number of allylic oxidation sites excluding steroid dienone is 1. The minimum absolute atomic E-state index is 0.348. The topological polar surface area (TPSA) is 80.0 Å². The van der Waals surface area contributed by atoms with Gasteiger partial charge in [-0.25, -0.2) is 9.78 Å². The Morgan fingerprint density at radius 1 is 1.19 bits per heavy atom. The second kappa shape index (κ2) is 7.27. The lowest BCUT2D eigenvalue weighted by atomic mass is 10.1. The molecule has 3 aromatic heterocycles. The van der Waals surface area contributed by atoms with Gasteiger partial charge in [-0.1, -0.05) is 15.9 Å². The van der Waals surface area contributed by atoms with E-state index in [0.717, 1.165) is 9.86 Å². The zero-order valence-electron chi connectivity index (χ0n) is 13.4. The first-order valence-corrected chi connectivity index (χ1v) is 10.1. The summed E-state index contributed by atoms with van der Waals surface area (Å²) < 4.78 is 12.2. The number of halogens is 2. The standard InChI is InChI=1S/C19H8Br2N2O3S/c20-12-1-3-16-10(5-12)7-14(19(24)26-16)15-9-27-18(23-15)11(8-22)6-13-2-4-17(21)25-13/h1-7,9H. The van der Waals surface area contributed by atoms with Crippen molar-refractivity contribution in [3.8, 4) is 17.3 Å². The molecule has 8 heteroatoms. The summed E-state index contributed by atoms with van der Waals surface area (Å²) in [5.41, 5.74) is 1.19. The Bertz CT molecular complexity index is 1290. The third-order valence-corrected chi connectivity index (χ3v) is 5.50. The lowest BCUT2D eigenvalue weighted by molar-refractivity contribution is 0.532. The molecule has 0 aliphatic heterocycles. The molecule has 3 heterocycles. The van der Waals surface area contributed by atoms with E-state index in [4.69, 9.17) is 8.83 Å². The normalized spacial score (nSPS) is 11.7. The smallest absolute Gasteiger partial charge is 0.345 e. The van der Waals surface area contributed by atoms with Crippen molar-refractivity contribution in [3.63, 3.8) is 0 Å². The molecular formula is C19H8Br2N2O3S. The first-order chi connectivity index (χ1) is 13.0. The summed E-state index contributed by atoms with van der Waals surface area (Å²) in [5, 5.41) is 12.5. The molecule has 0 fully saturated rings. The van der Waals surface area contributed by atoms with Crippen molar-refractivity contribution in [2.45, 2.75) is 0 Å². The van der Waals surface area contributed by atoms with Crippen LogP contribution in [0, 0.1) is 11.3 Å². The molecule has 0 N–H and O–H groups in total. The van der Waals surface area contributed by atoms with E-state index < -0.39 is 5.63 Å². The summed E-state index contributed by atoms with van der Waals surface area (Å²) in [6, 6.07) is 12.7. The predicted molar refractivity (Wildman–Crippen MR) is 111 cm³/mol. The number of nitrogens with zero attached hydrogens (tertiary/aromatic N) is 2. The van der Waals surface area contributed by atoms with Gasteiger partial charge in [0.05, 0.1) is 16.8 Å². The van der Waals surface area contributed by atoms with Crippen LogP contribution in [-0.4, -0.2) is 4.98 Å². The van der Waals surface area contributed by atoms with Gasteiger partial charge in [0.1, 0.15) is 22.4 Å². The number of fused-ring (bicyclic) bond motifs is 1. The Labute approximate surface area is 173 Å². The molecule has 1 aromatic carbocycles. The van der Waals surface area contributed by atoms with Crippen molar-refractivity contribution in [3.05, 3.63) is 72.1 Å². The fraction of sp³-hybridized carbons (Fsp3) is 0. The predicted octanol–water partition coefficient (Wildman–Crippen LogP) is 6.10. The molecule has 5 nitrogen and oxygen atoms in total. The van der Waals surface area contributed by atoms with Crippen molar-refractivity contribution >= 4 is 65.8 Å². The maximum atomic E-state index is 12.3. The van der Waals surface area contributed by atoms with Crippen LogP contribution in [0.15, 0.2) is 64.5 Å². The van der Waals surface area contributed by atoms with Crippen molar-refractivity contribution in [1.82, 2.24) is 4.98 Å². The van der Waals surface area contributed by atoms with E-state index in [1.54, 1.807) is 35.7 Å². The van der Waals surface area contributed by atoms with Crippen molar-refractivity contribution in [1.29, 1.82) is 5.26 Å². The monoisotopic (exact) mass is 502 g/mol. The largest absolute Gasteiger partial charge is 0.450 e. The van der Waals surface area contributed by atoms with Crippen molar-refractivity contribution < 1.29 is 8.83 Å². The van der Waals surface area contributed by atoms with Crippen LogP contribution in [0.1, 0.15) is 10.8 Å². The summed E-state index contributed by atoms with van der Waals surface area (Å²) in [6.07, 6.45) is 1.60. The van der Waals surface area contributed by atoms with Crippen LogP contribution in [0.25, 0.3) is 33.9 Å². The van der Waals surface area contributed by atoms with Crippen LogP contribution in [0.2, 0.25) is 0 Å². The molecule has 4 rings (SSSR count). The number of rotatable bonds is 3. The van der Waals surface area contributed by atoms with E-state index >= 15 is 0 Å². The molecule has 0 unspecified atom stereocenters. The van der Waals surface area contributed by atoms with Crippen molar-refractivity contribution in [2.75, 3.05) is 0 Å². The lowest BCUT2D eigenvalue weighted by Gasteiger charge is -2.00. The summed E-state index contributed by atoms with van der Waals surface area (Å²) in [5.74, 6) is 0.533. The van der Waals surface area contributed by atoms with Crippen LogP contribution >= 0.6 is 43.2 Å². The van der Waals surface area contributed by atoms with Gasteiger partial charge in [-0.2, -0.15) is 5.26 Å². The van der Waals surface area contributed by atoms with E-state index in [9.17, 15) is 10.1 Å². The molecule has 0 aliphatic carbocycles. The van der Waals surface area contributed by atoms with E-state index in [1.807, 2.05) is 12.1 Å². The van der Waals surface area contributed by atoms with Crippen molar-refractivity contribution in [2.24, 2.45) is 0 Å². The third-order valence-electron chi connectivity index (χ3n) is 3.71. The Morgan fingerprint density at radius 2 is 2.04 bits per heavy atom. The average Bonchev–Trinajstić information content (AvgIpc) is 3.28. The van der Waals surface area contributed by atoms with Crippen LogP contribution in [0.4, 0.5) is 0 Å². The van der Waals surface area contributed by atoms with Crippen LogP contribution in [0.5, 0.6) is 0 Å². The highest BCUT2D eigenvalue weighted by Crippen LogP contribution is 2.28. The highest BCUT2D eigenvalue weighted by atomic mass is 79.9. The quantitative estimate of drug-likeness (QED) is 0.249. The third kappa shape index (κ3) is 3.67.